The molecule has 152 valence electrons. The number of imidazole rings is 1. The Labute approximate surface area is 176 Å². The molecule has 0 spiro atoms. The van der Waals surface area contributed by atoms with E-state index < -0.39 is 0 Å². The van der Waals surface area contributed by atoms with Crippen LogP contribution in [0.5, 0.6) is 0 Å². The summed E-state index contributed by atoms with van der Waals surface area (Å²) in [5.74, 6) is 0. The molecule has 30 heavy (non-hydrogen) atoms. The molecular formula is C24H26N6. The highest BCUT2D eigenvalue weighted by molar-refractivity contribution is 5.66. The Balaban J connectivity index is 1.42. The van der Waals surface area contributed by atoms with E-state index in [0.29, 0.717) is 6.04 Å². The van der Waals surface area contributed by atoms with Gasteiger partial charge in [-0.3, -0.25) is 9.88 Å². The van der Waals surface area contributed by atoms with Crippen LogP contribution in [0.1, 0.15) is 18.2 Å². The SMILES string of the molecule is Cc1cc(-c2ccc3ncc(-c4ccc(CN5CCNC(C)C5)cc4)n3n2)ccn1. The summed E-state index contributed by atoms with van der Waals surface area (Å²) in [4.78, 5) is 11.3. The van der Waals surface area contributed by atoms with Gasteiger partial charge in [-0.1, -0.05) is 24.3 Å². The number of aryl methyl sites for hydroxylation is 1. The van der Waals surface area contributed by atoms with E-state index in [1.807, 2.05) is 42.0 Å². The third-order valence-electron chi connectivity index (χ3n) is 5.66. The number of benzene rings is 1. The van der Waals surface area contributed by atoms with Gasteiger partial charge in [-0.2, -0.15) is 5.10 Å². The lowest BCUT2D eigenvalue weighted by atomic mass is 10.1. The van der Waals surface area contributed by atoms with E-state index in [4.69, 9.17) is 5.10 Å². The van der Waals surface area contributed by atoms with E-state index in [1.54, 1.807) is 0 Å². The summed E-state index contributed by atoms with van der Waals surface area (Å²) < 4.78 is 1.93. The summed E-state index contributed by atoms with van der Waals surface area (Å²) in [7, 11) is 0. The Morgan fingerprint density at radius 2 is 1.90 bits per heavy atom. The fourth-order valence-electron chi connectivity index (χ4n) is 4.12. The van der Waals surface area contributed by atoms with E-state index in [9.17, 15) is 0 Å². The zero-order valence-electron chi connectivity index (χ0n) is 17.4. The molecule has 0 radical (unpaired) electrons. The van der Waals surface area contributed by atoms with Crippen LogP contribution >= 0.6 is 0 Å². The lowest BCUT2D eigenvalue weighted by molar-refractivity contribution is 0.199. The van der Waals surface area contributed by atoms with Crippen LogP contribution in [0.15, 0.2) is 60.9 Å². The monoisotopic (exact) mass is 398 g/mol. The third kappa shape index (κ3) is 3.84. The second kappa shape index (κ2) is 7.97. The molecule has 5 rings (SSSR count). The molecule has 1 fully saturated rings. The van der Waals surface area contributed by atoms with Crippen molar-refractivity contribution in [1.29, 1.82) is 0 Å². The number of nitrogens with zero attached hydrogens (tertiary/aromatic N) is 5. The maximum Gasteiger partial charge on any atom is 0.154 e. The van der Waals surface area contributed by atoms with Crippen molar-refractivity contribution in [2.75, 3.05) is 19.6 Å². The maximum atomic E-state index is 4.86. The van der Waals surface area contributed by atoms with Crippen LogP contribution in [0.2, 0.25) is 0 Å². The highest BCUT2D eigenvalue weighted by atomic mass is 15.3. The van der Waals surface area contributed by atoms with Crippen molar-refractivity contribution in [3.05, 3.63) is 72.2 Å². The number of pyridine rings is 1. The van der Waals surface area contributed by atoms with Gasteiger partial charge < -0.3 is 5.32 Å². The summed E-state index contributed by atoms with van der Waals surface area (Å²) >= 11 is 0. The average Bonchev–Trinajstić information content (AvgIpc) is 3.18. The summed E-state index contributed by atoms with van der Waals surface area (Å²) in [5, 5.41) is 8.36. The molecule has 0 amide bonds. The minimum atomic E-state index is 0.556. The number of piperazine rings is 1. The van der Waals surface area contributed by atoms with Gasteiger partial charge in [0.25, 0.3) is 0 Å². The van der Waals surface area contributed by atoms with E-state index in [2.05, 4.69) is 57.4 Å². The van der Waals surface area contributed by atoms with Gasteiger partial charge in [0.15, 0.2) is 5.65 Å². The molecule has 4 aromatic rings. The van der Waals surface area contributed by atoms with Gasteiger partial charge in [0.1, 0.15) is 0 Å². The Bertz CT molecular complexity index is 1160. The van der Waals surface area contributed by atoms with Crippen molar-refractivity contribution in [2.24, 2.45) is 0 Å². The average molecular weight is 399 g/mol. The number of fused-ring (bicyclic) bond motifs is 1. The second-order valence-electron chi connectivity index (χ2n) is 8.11. The topological polar surface area (TPSA) is 58.4 Å². The molecule has 1 aromatic carbocycles. The number of aromatic nitrogens is 4. The highest BCUT2D eigenvalue weighted by Gasteiger charge is 2.16. The predicted octanol–water partition coefficient (Wildman–Crippen LogP) is 3.56. The van der Waals surface area contributed by atoms with Crippen molar-refractivity contribution in [3.8, 4) is 22.5 Å². The van der Waals surface area contributed by atoms with Gasteiger partial charge in [-0.05, 0) is 43.7 Å². The van der Waals surface area contributed by atoms with Gasteiger partial charge in [0, 0.05) is 55.2 Å². The predicted molar refractivity (Wildman–Crippen MR) is 119 cm³/mol. The third-order valence-corrected chi connectivity index (χ3v) is 5.66. The number of nitrogens with one attached hydrogen (secondary N) is 1. The zero-order chi connectivity index (χ0) is 20.5. The Hall–Kier alpha value is -3.09. The Morgan fingerprint density at radius 3 is 2.70 bits per heavy atom. The Morgan fingerprint density at radius 1 is 1.03 bits per heavy atom. The molecule has 6 heteroatoms. The van der Waals surface area contributed by atoms with E-state index in [0.717, 1.165) is 60.0 Å². The molecule has 1 aliphatic heterocycles. The van der Waals surface area contributed by atoms with Crippen molar-refractivity contribution in [3.63, 3.8) is 0 Å². The molecule has 0 aliphatic carbocycles. The second-order valence-corrected chi connectivity index (χ2v) is 8.11. The zero-order valence-corrected chi connectivity index (χ0v) is 17.4. The van der Waals surface area contributed by atoms with E-state index in [-0.39, 0.29) is 0 Å². The molecule has 6 nitrogen and oxygen atoms in total. The van der Waals surface area contributed by atoms with Gasteiger partial charge in [-0.25, -0.2) is 9.50 Å². The normalized spacial score (nSPS) is 17.5. The molecular weight excluding hydrogens is 372 g/mol. The van der Waals surface area contributed by atoms with Crippen molar-refractivity contribution in [2.45, 2.75) is 26.4 Å². The molecule has 1 unspecified atom stereocenters. The van der Waals surface area contributed by atoms with Gasteiger partial charge >= 0.3 is 0 Å². The molecule has 3 aromatic heterocycles. The number of hydrogen-bond acceptors (Lipinski definition) is 5. The molecule has 4 heterocycles. The fourth-order valence-corrected chi connectivity index (χ4v) is 4.12. The molecule has 0 bridgehead atoms. The first-order valence-corrected chi connectivity index (χ1v) is 10.5. The van der Waals surface area contributed by atoms with Crippen molar-refractivity contribution in [1.82, 2.24) is 29.8 Å². The largest absolute Gasteiger partial charge is 0.312 e. The minimum absolute atomic E-state index is 0.556. The first-order chi connectivity index (χ1) is 14.7. The van der Waals surface area contributed by atoms with Crippen LogP contribution in [0.25, 0.3) is 28.2 Å². The van der Waals surface area contributed by atoms with Gasteiger partial charge in [0.05, 0.1) is 17.6 Å². The van der Waals surface area contributed by atoms with Crippen LogP contribution in [0.4, 0.5) is 0 Å². The molecule has 1 atom stereocenters. The molecule has 0 saturated carbocycles. The summed E-state index contributed by atoms with van der Waals surface area (Å²) in [6.07, 6.45) is 3.72. The molecule has 1 saturated heterocycles. The number of hydrogen-bond donors (Lipinski definition) is 1. The quantitative estimate of drug-likeness (QED) is 0.570. The standard InChI is InChI=1S/C24H26N6/c1-17-13-21(9-10-25-17)22-7-8-24-27-14-23(30(24)28-22)20-5-3-19(4-6-20)16-29-12-11-26-18(2)15-29/h3-10,13-14,18,26H,11-12,15-16H2,1-2H3. The van der Waals surface area contributed by atoms with Crippen LogP contribution in [0, 0.1) is 6.92 Å². The van der Waals surface area contributed by atoms with Crippen LogP contribution in [-0.4, -0.2) is 50.2 Å². The van der Waals surface area contributed by atoms with Crippen LogP contribution in [-0.2, 0) is 6.54 Å². The lowest BCUT2D eigenvalue weighted by Crippen LogP contribution is -2.48. The van der Waals surface area contributed by atoms with Crippen molar-refractivity contribution < 1.29 is 0 Å². The maximum absolute atomic E-state index is 4.86. The van der Waals surface area contributed by atoms with Gasteiger partial charge in [-0.15, -0.1) is 0 Å². The first kappa shape index (κ1) is 18.9. The number of rotatable bonds is 4. The van der Waals surface area contributed by atoms with Crippen LogP contribution < -0.4 is 5.32 Å². The van der Waals surface area contributed by atoms with E-state index in [1.165, 1.54) is 5.56 Å². The molecule has 1 aliphatic rings. The highest BCUT2D eigenvalue weighted by Crippen LogP contribution is 2.24. The van der Waals surface area contributed by atoms with E-state index >= 15 is 0 Å². The smallest absolute Gasteiger partial charge is 0.154 e. The molecule has 1 N–H and O–H groups in total. The van der Waals surface area contributed by atoms with Crippen molar-refractivity contribution >= 4 is 5.65 Å². The summed E-state index contributed by atoms with van der Waals surface area (Å²) in [6, 6.07) is 17.4. The Kier molecular flexibility index (Phi) is 5.02. The lowest BCUT2D eigenvalue weighted by Gasteiger charge is -2.31. The fraction of sp³-hybridized carbons (Fsp3) is 0.292. The summed E-state index contributed by atoms with van der Waals surface area (Å²) in [6.45, 7) is 8.48. The van der Waals surface area contributed by atoms with Crippen LogP contribution in [0.3, 0.4) is 0 Å². The first-order valence-electron chi connectivity index (χ1n) is 10.5. The minimum Gasteiger partial charge on any atom is -0.312 e. The van der Waals surface area contributed by atoms with Gasteiger partial charge in [0.2, 0.25) is 0 Å². The summed E-state index contributed by atoms with van der Waals surface area (Å²) in [5.41, 5.74) is 7.26.